The number of amides is 2. The molecule has 35 heavy (non-hydrogen) atoms. The minimum atomic E-state index is -0.793. The minimum Gasteiger partial charge on any atom is -0.481 e. The molecule has 8 heteroatoms. The number of carbonyl (C=O) groups excluding carboxylic acids is 1. The summed E-state index contributed by atoms with van der Waals surface area (Å²) >= 11 is 0. The first-order valence-corrected chi connectivity index (χ1v) is 11.9. The number of anilines is 1. The topological polar surface area (TPSA) is 100 Å². The van der Waals surface area contributed by atoms with Crippen LogP contribution in [0, 0.1) is 17.7 Å². The van der Waals surface area contributed by atoms with E-state index < -0.39 is 12.0 Å². The molecule has 2 aliphatic rings. The fourth-order valence-electron chi connectivity index (χ4n) is 5.24. The number of rotatable bonds is 10. The van der Waals surface area contributed by atoms with E-state index in [1.807, 2.05) is 36.4 Å². The maximum absolute atomic E-state index is 13.6. The first-order chi connectivity index (χ1) is 17.0. The number of allylic oxidation sites excluding steroid dienone is 2. The van der Waals surface area contributed by atoms with E-state index in [4.69, 9.17) is 9.84 Å². The summed E-state index contributed by atoms with van der Waals surface area (Å²) in [5, 5.41) is 15.8. The van der Waals surface area contributed by atoms with Crippen molar-refractivity contribution in [2.24, 2.45) is 16.9 Å². The zero-order chi connectivity index (χ0) is 24.7. The monoisotopic (exact) mass is 479 g/mol. The van der Waals surface area contributed by atoms with Gasteiger partial charge in [-0.05, 0) is 61.4 Å². The molecular weight excluding hydrogens is 449 g/mol. The summed E-state index contributed by atoms with van der Waals surface area (Å²) in [6.45, 7) is 0.549. The quantitative estimate of drug-likeness (QED) is 0.191. The van der Waals surface area contributed by atoms with Crippen LogP contribution >= 0.6 is 0 Å². The maximum atomic E-state index is 13.6. The number of aliphatic carboxylic acids is 1. The number of hydrazone groups is 1. The Labute approximate surface area is 204 Å². The van der Waals surface area contributed by atoms with Crippen LogP contribution in [0.15, 0.2) is 71.9 Å². The van der Waals surface area contributed by atoms with E-state index >= 15 is 0 Å². The number of unbranched alkanes of at least 4 members (excludes halogenated alkanes) is 1. The van der Waals surface area contributed by atoms with E-state index in [0.29, 0.717) is 25.1 Å². The molecule has 1 aliphatic heterocycles. The van der Waals surface area contributed by atoms with Crippen LogP contribution in [-0.2, 0) is 14.9 Å². The summed E-state index contributed by atoms with van der Waals surface area (Å²) in [4.78, 5) is 22.9. The number of fused-ring (bicyclic) bond motifs is 2. The summed E-state index contributed by atoms with van der Waals surface area (Å²) in [5.41, 5.74) is 3.97. The van der Waals surface area contributed by atoms with Crippen LogP contribution < -0.4 is 10.7 Å². The molecule has 184 valence electrons. The third-order valence-corrected chi connectivity index (χ3v) is 6.91. The lowest BCUT2D eigenvalue weighted by Gasteiger charge is -2.37. The zero-order valence-electron chi connectivity index (χ0n) is 19.4. The van der Waals surface area contributed by atoms with Gasteiger partial charge in [-0.2, -0.15) is 5.10 Å². The molecule has 3 N–H and O–H groups in total. The van der Waals surface area contributed by atoms with Gasteiger partial charge in [-0.15, -0.1) is 0 Å². The second kappa shape index (κ2) is 11.3. The fourth-order valence-corrected chi connectivity index (χ4v) is 5.24. The van der Waals surface area contributed by atoms with Gasteiger partial charge in [0.25, 0.3) is 0 Å². The molecule has 0 unspecified atom stereocenters. The first kappa shape index (κ1) is 24.6. The summed E-state index contributed by atoms with van der Waals surface area (Å²) < 4.78 is 19.7. The number of para-hydroxylation sites is 1. The van der Waals surface area contributed by atoms with Crippen molar-refractivity contribution < 1.29 is 23.8 Å². The van der Waals surface area contributed by atoms with Crippen LogP contribution in [-0.4, -0.2) is 36.0 Å². The molecular formula is C27H30FN3O4. The Bertz CT molecular complexity index is 1070. The highest BCUT2D eigenvalue weighted by atomic mass is 19.1. The number of hydrogen-bond acceptors (Lipinski definition) is 4. The van der Waals surface area contributed by atoms with Crippen molar-refractivity contribution in [3.8, 4) is 0 Å². The van der Waals surface area contributed by atoms with Crippen LogP contribution in [0.5, 0.6) is 0 Å². The molecule has 2 amide bonds. The largest absolute Gasteiger partial charge is 0.481 e. The SMILES string of the molecule is O=C(O)CCCC=CC[C@H]1[C@H](C=NNC(=O)Nc2ccccc2)[C@@H]2C[C@@]1(c1ccc(F)cc1)CO2. The number of carbonyl (C=O) groups is 2. The van der Waals surface area contributed by atoms with Crippen molar-refractivity contribution in [1.29, 1.82) is 0 Å². The lowest BCUT2D eigenvalue weighted by molar-refractivity contribution is -0.137. The van der Waals surface area contributed by atoms with Crippen molar-refractivity contribution in [3.05, 3.63) is 78.1 Å². The second-order valence-corrected chi connectivity index (χ2v) is 9.10. The van der Waals surface area contributed by atoms with Gasteiger partial charge in [0.1, 0.15) is 5.82 Å². The summed E-state index contributed by atoms with van der Waals surface area (Å²) in [6.07, 6.45) is 8.80. The van der Waals surface area contributed by atoms with E-state index in [1.54, 1.807) is 18.3 Å². The molecule has 1 heterocycles. The highest BCUT2D eigenvalue weighted by Crippen LogP contribution is 2.56. The van der Waals surface area contributed by atoms with E-state index in [9.17, 15) is 14.0 Å². The van der Waals surface area contributed by atoms with Crippen LogP contribution in [0.25, 0.3) is 0 Å². The van der Waals surface area contributed by atoms with Crippen LogP contribution in [0.3, 0.4) is 0 Å². The number of urea groups is 1. The second-order valence-electron chi connectivity index (χ2n) is 9.10. The molecule has 0 aromatic heterocycles. The first-order valence-electron chi connectivity index (χ1n) is 11.9. The molecule has 0 radical (unpaired) electrons. The Morgan fingerprint density at radius 2 is 1.91 bits per heavy atom. The molecule has 1 aliphatic carbocycles. The summed E-state index contributed by atoms with van der Waals surface area (Å²) in [6, 6.07) is 15.3. The number of nitrogens with zero attached hydrogens (tertiary/aromatic N) is 1. The van der Waals surface area contributed by atoms with Crippen molar-refractivity contribution in [3.63, 3.8) is 0 Å². The van der Waals surface area contributed by atoms with Crippen molar-refractivity contribution >= 4 is 23.9 Å². The zero-order valence-corrected chi connectivity index (χ0v) is 19.4. The van der Waals surface area contributed by atoms with Gasteiger partial charge in [0.2, 0.25) is 0 Å². The number of carboxylic acids is 1. The van der Waals surface area contributed by atoms with Crippen molar-refractivity contribution in [2.45, 2.75) is 43.6 Å². The smallest absolute Gasteiger partial charge is 0.339 e. The lowest BCUT2D eigenvalue weighted by Crippen LogP contribution is -2.40. The number of ether oxygens (including phenoxy) is 1. The number of nitrogens with one attached hydrogen (secondary N) is 2. The van der Waals surface area contributed by atoms with Gasteiger partial charge in [0.15, 0.2) is 0 Å². The molecule has 1 saturated heterocycles. The Balaban J connectivity index is 1.46. The van der Waals surface area contributed by atoms with Crippen LogP contribution in [0.2, 0.25) is 0 Å². The van der Waals surface area contributed by atoms with Crippen molar-refractivity contribution in [2.75, 3.05) is 11.9 Å². The fraction of sp³-hybridized carbons (Fsp3) is 0.370. The predicted octanol–water partition coefficient (Wildman–Crippen LogP) is 5.11. The minimum absolute atomic E-state index is 0.0329. The van der Waals surface area contributed by atoms with Gasteiger partial charge in [0.05, 0.1) is 12.7 Å². The van der Waals surface area contributed by atoms with Crippen LogP contribution in [0.4, 0.5) is 14.9 Å². The normalized spacial score (nSPS) is 25.3. The summed E-state index contributed by atoms with van der Waals surface area (Å²) in [5.74, 6) is -0.959. The molecule has 4 rings (SSSR count). The predicted molar refractivity (Wildman–Crippen MR) is 132 cm³/mol. The number of benzene rings is 2. The average Bonchev–Trinajstić information content (AvgIpc) is 3.40. The van der Waals surface area contributed by atoms with Crippen LogP contribution in [0.1, 0.15) is 37.7 Å². The molecule has 2 aromatic rings. The van der Waals surface area contributed by atoms with Gasteiger partial charge in [0, 0.05) is 29.7 Å². The average molecular weight is 480 g/mol. The molecule has 2 aromatic carbocycles. The van der Waals surface area contributed by atoms with Crippen molar-refractivity contribution in [1.82, 2.24) is 5.43 Å². The highest BCUT2D eigenvalue weighted by Gasteiger charge is 2.58. The van der Waals surface area contributed by atoms with E-state index in [0.717, 1.165) is 18.4 Å². The Morgan fingerprint density at radius 1 is 1.14 bits per heavy atom. The van der Waals surface area contributed by atoms with Gasteiger partial charge in [-0.3, -0.25) is 4.79 Å². The molecule has 4 atom stereocenters. The van der Waals surface area contributed by atoms with E-state index in [2.05, 4.69) is 21.9 Å². The number of carboxylic acid groups (broad SMARTS) is 1. The molecule has 2 fully saturated rings. The molecule has 2 bridgehead atoms. The Kier molecular flexibility index (Phi) is 7.92. The van der Waals surface area contributed by atoms with Gasteiger partial charge >= 0.3 is 12.0 Å². The number of hydrogen-bond donors (Lipinski definition) is 3. The van der Waals surface area contributed by atoms with Gasteiger partial charge in [-0.1, -0.05) is 42.5 Å². The Hall–Kier alpha value is -3.52. The highest BCUT2D eigenvalue weighted by molar-refractivity contribution is 5.89. The molecule has 1 saturated carbocycles. The maximum Gasteiger partial charge on any atom is 0.339 e. The third kappa shape index (κ3) is 5.95. The van der Waals surface area contributed by atoms with Gasteiger partial charge in [-0.25, -0.2) is 14.6 Å². The Morgan fingerprint density at radius 3 is 2.66 bits per heavy atom. The van der Waals surface area contributed by atoms with E-state index in [1.165, 1.54) is 12.1 Å². The van der Waals surface area contributed by atoms with E-state index in [-0.39, 0.29) is 35.6 Å². The third-order valence-electron chi connectivity index (χ3n) is 6.91. The van der Waals surface area contributed by atoms with Gasteiger partial charge < -0.3 is 15.2 Å². The summed E-state index contributed by atoms with van der Waals surface area (Å²) in [7, 11) is 0. The number of halogens is 1. The molecule has 7 nitrogen and oxygen atoms in total. The lowest BCUT2D eigenvalue weighted by atomic mass is 9.69. The standard InChI is InChI=1S/C27H30FN3O4/c28-20-14-12-19(13-15-20)27-16-24(35-18-27)22(23(27)10-6-1-2-7-11-25(32)33)17-29-31-26(34)30-21-8-4-3-5-9-21/h1,3-6,8-9,12-15,17,22-24H,2,7,10-11,16,18H2,(H,32,33)(H2,30,31,34)/t22-,23-,24-,27-/m0/s1. The molecule has 0 spiro atoms.